The molecule has 26 heavy (non-hydrogen) atoms. The maximum absolute atomic E-state index is 6.29. The van der Waals surface area contributed by atoms with Crippen LogP contribution in [0.5, 0.6) is 0 Å². The lowest BCUT2D eigenvalue weighted by Crippen LogP contribution is -2.31. The second-order valence-corrected chi connectivity index (χ2v) is 6.76. The van der Waals surface area contributed by atoms with E-state index in [1.54, 1.807) is 0 Å². The van der Waals surface area contributed by atoms with E-state index in [9.17, 15) is 0 Å². The molecule has 2 heterocycles. The van der Waals surface area contributed by atoms with Crippen LogP contribution in [-0.2, 0) is 9.31 Å². The zero-order valence-corrected chi connectivity index (χ0v) is 14.1. The first-order valence-corrected chi connectivity index (χ1v) is 8.88. The zero-order chi connectivity index (χ0) is 17.1. The van der Waals surface area contributed by atoms with Crippen molar-refractivity contribution in [2.75, 3.05) is 13.2 Å². The van der Waals surface area contributed by atoms with E-state index in [2.05, 4.69) is 54.6 Å². The van der Waals surface area contributed by atoms with Gasteiger partial charge in [-0.2, -0.15) is 0 Å². The van der Waals surface area contributed by atoms with Gasteiger partial charge in [-0.25, -0.2) is 0 Å². The molecule has 0 atom stereocenters. The summed E-state index contributed by atoms with van der Waals surface area (Å²) in [6.45, 7) is 1.24. The molecule has 0 unspecified atom stereocenters. The molecule has 5 aromatic rings. The van der Waals surface area contributed by atoms with Crippen molar-refractivity contribution in [2.45, 2.75) is 0 Å². The summed E-state index contributed by atoms with van der Waals surface area (Å²) in [5, 5.41) is 7.15. The van der Waals surface area contributed by atoms with Crippen LogP contribution >= 0.6 is 0 Å². The molecule has 4 heteroatoms. The molecule has 4 aromatic carbocycles. The molecule has 0 aliphatic carbocycles. The summed E-state index contributed by atoms with van der Waals surface area (Å²) >= 11 is 0. The van der Waals surface area contributed by atoms with Crippen LogP contribution in [-0.4, -0.2) is 20.3 Å². The second-order valence-electron chi connectivity index (χ2n) is 6.76. The van der Waals surface area contributed by atoms with Crippen LogP contribution in [0.2, 0.25) is 0 Å². The molecule has 0 radical (unpaired) electrons. The van der Waals surface area contributed by atoms with E-state index in [0.717, 1.165) is 27.4 Å². The van der Waals surface area contributed by atoms with E-state index in [0.29, 0.717) is 13.2 Å². The lowest BCUT2D eigenvalue weighted by Gasteiger charge is -2.04. The molecular weight excluding hydrogens is 323 g/mol. The van der Waals surface area contributed by atoms with Crippen molar-refractivity contribution >= 4 is 56.1 Å². The average Bonchev–Trinajstić information content (AvgIpc) is 3.34. The highest BCUT2D eigenvalue weighted by atomic mass is 16.6. The van der Waals surface area contributed by atoms with Gasteiger partial charge in [-0.05, 0) is 33.7 Å². The summed E-state index contributed by atoms with van der Waals surface area (Å²) in [6.07, 6.45) is 0. The Hall–Kier alpha value is -2.82. The van der Waals surface area contributed by atoms with Crippen molar-refractivity contribution in [3.05, 3.63) is 66.7 Å². The van der Waals surface area contributed by atoms with Crippen molar-refractivity contribution in [2.24, 2.45) is 0 Å². The zero-order valence-electron chi connectivity index (χ0n) is 14.1. The SMILES string of the molecule is c1ccc2c(c1)ccc1cc3c(cc12)oc1c(B2OCCO2)cccc13. The van der Waals surface area contributed by atoms with Crippen LogP contribution in [0.1, 0.15) is 0 Å². The Labute approximate surface area is 150 Å². The van der Waals surface area contributed by atoms with Crippen LogP contribution in [0, 0.1) is 0 Å². The Kier molecular flexibility index (Phi) is 2.95. The van der Waals surface area contributed by atoms with Crippen LogP contribution in [0.15, 0.2) is 71.1 Å². The van der Waals surface area contributed by atoms with Crippen molar-refractivity contribution in [1.29, 1.82) is 0 Å². The van der Waals surface area contributed by atoms with Crippen molar-refractivity contribution in [1.82, 2.24) is 0 Å². The van der Waals surface area contributed by atoms with Crippen LogP contribution in [0.3, 0.4) is 0 Å². The minimum Gasteiger partial charge on any atom is -0.456 e. The molecule has 1 fully saturated rings. The van der Waals surface area contributed by atoms with Crippen molar-refractivity contribution in [3.8, 4) is 0 Å². The lowest BCUT2D eigenvalue weighted by molar-refractivity contribution is 0.365. The Morgan fingerprint density at radius 3 is 2.38 bits per heavy atom. The molecule has 0 spiro atoms. The van der Waals surface area contributed by atoms with Gasteiger partial charge in [0.1, 0.15) is 11.2 Å². The number of benzene rings is 4. The van der Waals surface area contributed by atoms with E-state index < -0.39 is 0 Å². The van der Waals surface area contributed by atoms with Gasteiger partial charge in [0, 0.05) is 16.2 Å². The summed E-state index contributed by atoms with van der Waals surface area (Å²) in [4.78, 5) is 0. The van der Waals surface area contributed by atoms with Gasteiger partial charge in [-0.3, -0.25) is 0 Å². The molecular formula is C22H15BO3. The molecule has 1 aromatic heterocycles. The fraction of sp³-hybridized carbons (Fsp3) is 0.0909. The van der Waals surface area contributed by atoms with Crippen LogP contribution in [0.25, 0.3) is 43.5 Å². The fourth-order valence-corrected chi connectivity index (χ4v) is 4.04. The van der Waals surface area contributed by atoms with Crippen LogP contribution < -0.4 is 5.46 Å². The summed E-state index contributed by atoms with van der Waals surface area (Å²) in [7, 11) is -0.338. The van der Waals surface area contributed by atoms with Gasteiger partial charge < -0.3 is 13.7 Å². The molecule has 0 N–H and O–H groups in total. The summed E-state index contributed by atoms with van der Waals surface area (Å²) < 4.78 is 17.7. The molecule has 1 saturated heterocycles. The largest absolute Gasteiger partial charge is 0.497 e. The van der Waals surface area contributed by atoms with E-state index in [1.165, 1.54) is 21.5 Å². The summed E-state index contributed by atoms with van der Waals surface area (Å²) in [5.41, 5.74) is 2.72. The highest BCUT2D eigenvalue weighted by molar-refractivity contribution is 6.64. The number of para-hydroxylation sites is 1. The number of hydrogen-bond donors (Lipinski definition) is 0. The van der Waals surface area contributed by atoms with E-state index in [1.807, 2.05) is 12.1 Å². The predicted octanol–water partition coefficient (Wildman–Crippen LogP) is 4.63. The first-order valence-electron chi connectivity index (χ1n) is 8.88. The quantitative estimate of drug-likeness (QED) is 0.330. The second kappa shape index (κ2) is 5.34. The molecule has 0 bridgehead atoms. The van der Waals surface area contributed by atoms with E-state index >= 15 is 0 Å². The van der Waals surface area contributed by atoms with Gasteiger partial charge in [0.15, 0.2) is 0 Å². The molecule has 124 valence electrons. The standard InChI is InChI=1S/C22H15BO3/c1-2-5-16-14(4-1)8-9-15-12-19-17-6-3-7-20(23-24-10-11-25-23)22(17)26-21(19)13-18(15)16/h1-9,12-13H,10-11H2. The summed E-state index contributed by atoms with van der Waals surface area (Å²) in [5.74, 6) is 0. The van der Waals surface area contributed by atoms with Gasteiger partial charge in [-0.1, -0.05) is 54.6 Å². The molecule has 1 aliphatic rings. The highest BCUT2D eigenvalue weighted by Gasteiger charge is 2.29. The molecule has 3 nitrogen and oxygen atoms in total. The topological polar surface area (TPSA) is 31.6 Å². The Morgan fingerprint density at radius 2 is 1.46 bits per heavy atom. The number of furan rings is 1. The van der Waals surface area contributed by atoms with Gasteiger partial charge in [0.2, 0.25) is 0 Å². The number of fused-ring (bicyclic) bond motifs is 6. The summed E-state index contributed by atoms with van der Waals surface area (Å²) in [6, 6.07) is 23.4. The maximum atomic E-state index is 6.29. The first kappa shape index (κ1) is 14.4. The maximum Gasteiger partial charge on any atom is 0.497 e. The normalized spacial score (nSPS) is 15.0. The van der Waals surface area contributed by atoms with Gasteiger partial charge in [-0.15, -0.1) is 0 Å². The molecule has 0 amide bonds. The minimum absolute atomic E-state index is 0.338. The fourth-order valence-electron chi connectivity index (χ4n) is 4.04. The molecule has 1 aliphatic heterocycles. The van der Waals surface area contributed by atoms with Crippen LogP contribution in [0.4, 0.5) is 0 Å². The Balaban J connectivity index is 1.70. The number of hydrogen-bond acceptors (Lipinski definition) is 3. The molecule has 6 rings (SSSR count). The van der Waals surface area contributed by atoms with Gasteiger partial charge in [0.25, 0.3) is 0 Å². The third-order valence-corrected chi connectivity index (χ3v) is 5.27. The van der Waals surface area contributed by atoms with Crippen molar-refractivity contribution in [3.63, 3.8) is 0 Å². The Bertz CT molecular complexity index is 1300. The Morgan fingerprint density at radius 1 is 0.654 bits per heavy atom. The smallest absolute Gasteiger partial charge is 0.456 e. The predicted molar refractivity (Wildman–Crippen MR) is 106 cm³/mol. The lowest BCUT2D eigenvalue weighted by atomic mass is 9.78. The van der Waals surface area contributed by atoms with Gasteiger partial charge >= 0.3 is 7.12 Å². The third kappa shape index (κ3) is 1.97. The number of rotatable bonds is 1. The van der Waals surface area contributed by atoms with Crippen molar-refractivity contribution < 1.29 is 13.7 Å². The first-order chi connectivity index (χ1) is 12.9. The third-order valence-electron chi connectivity index (χ3n) is 5.27. The average molecular weight is 338 g/mol. The highest BCUT2D eigenvalue weighted by Crippen LogP contribution is 2.34. The minimum atomic E-state index is -0.338. The monoisotopic (exact) mass is 338 g/mol. The van der Waals surface area contributed by atoms with Gasteiger partial charge in [0.05, 0.1) is 13.2 Å². The van der Waals surface area contributed by atoms with E-state index in [-0.39, 0.29) is 7.12 Å². The molecule has 0 saturated carbocycles. The van der Waals surface area contributed by atoms with E-state index in [4.69, 9.17) is 13.7 Å².